The molecule has 0 aliphatic rings. The van der Waals surface area contributed by atoms with Gasteiger partial charge in [0.15, 0.2) is 0 Å². The van der Waals surface area contributed by atoms with E-state index in [1.807, 2.05) is 30.3 Å². The molecule has 4 heteroatoms. The second-order valence-corrected chi connectivity index (χ2v) is 8.42. The molecule has 0 amide bonds. The minimum absolute atomic E-state index is 0.103. The van der Waals surface area contributed by atoms with Crippen LogP contribution >= 0.6 is 11.6 Å². The quantitative estimate of drug-likeness (QED) is 0.467. The average Bonchev–Trinajstić information content (AvgIpc) is 2.68. The molecule has 1 atom stereocenters. The number of benzene rings is 2. The van der Waals surface area contributed by atoms with E-state index in [4.69, 9.17) is 16.3 Å². The van der Waals surface area contributed by atoms with Crippen molar-refractivity contribution in [2.75, 3.05) is 6.61 Å². The van der Waals surface area contributed by atoms with Crippen molar-refractivity contribution < 1.29 is 14.9 Å². The first-order valence-corrected chi connectivity index (χ1v) is 10.6. The van der Waals surface area contributed by atoms with Crippen molar-refractivity contribution in [2.24, 2.45) is 11.8 Å². The highest BCUT2D eigenvalue weighted by Crippen LogP contribution is 2.31. The van der Waals surface area contributed by atoms with Gasteiger partial charge in [0.2, 0.25) is 0 Å². The highest BCUT2D eigenvalue weighted by atomic mass is 35.5. The third-order valence-corrected chi connectivity index (χ3v) is 5.49. The van der Waals surface area contributed by atoms with E-state index in [9.17, 15) is 10.2 Å². The van der Waals surface area contributed by atoms with Crippen LogP contribution < -0.4 is 4.74 Å². The van der Waals surface area contributed by atoms with Crippen molar-refractivity contribution >= 4 is 11.6 Å². The lowest BCUT2D eigenvalue weighted by Crippen LogP contribution is -2.04. The Bertz CT molecular complexity index is 725. The van der Waals surface area contributed by atoms with E-state index >= 15 is 0 Å². The number of hydrogen-bond acceptors (Lipinski definition) is 3. The molecule has 154 valence electrons. The second kappa shape index (κ2) is 11.5. The summed E-state index contributed by atoms with van der Waals surface area (Å²) in [5.74, 6) is 2.30. The van der Waals surface area contributed by atoms with E-state index in [1.54, 1.807) is 6.07 Å². The first-order chi connectivity index (χ1) is 13.4. The van der Waals surface area contributed by atoms with Gasteiger partial charge in [-0.3, -0.25) is 0 Å². The molecule has 0 aliphatic heterocycles. The van der Waals surface area contributed by atoms with Crippen LogP contribution in [0, 0.1) is 11.8 Å². The summed E-state index contributed by atoms with van der Waals surface area (Å²) in [5.41, 5.74) is 3.23. The van der Waals surface area contributed by atoms with Gasteiger partial charge in [0.25, 0.3) is 0 Å². The van der Waals surface area contributed by atoms with E-state index < -0.39 is 0 Å². The highest BCUT2D eigenvalue weighted by Gasteiger charge is 2.10. The Morgan fingerprint density at radius 2 is 1.57 bits per heavy atom. The van der Waals surface area contributed by atoms with E-state index in [1.165, 1.54) is 19.3 Å². The first-order valence-electron chi connectivity index (χ1n) is 10.2. The van der Waals surface area contributed by atoms with Gasteiger partial charge in [0.1, 0.15) is 5.75 Å². The number of halogens is 1. The summed E-state index contributed by atoms with van der Waals surface area (Å²) < 4.78 is 5.91. The predicted octanol–water partition coefficient (Wildman–Crippen LogP) is 6.22. The summed E-state index contributed by atoms with van der Waals surface area (Å²) in [4.78, 5) is 0. The maximum Gasteiger partial charge on any atom is 0.119 e. The lowest BCUT2D eigenvalue weighted by Gasteiger charge is -2.14. The fourth-order valence-corrected chi connectivity index (χ4v) is 3.55. The van der Waals surface area contributed by atoms with Crippen molar-refractivity contribution in [3.63, 3.8) is 0 Å². The Balaban J connectivity index is 1.93. The molecule has 0 saturated heterocycles. The van der Waals surface area contributed by atoms with Gasteiger partial charge < -0.3 is 14.9 Å². The van der Waals surface area contributed by atoms with Gasteiger partial charge in [-0.2, -0.15) is 0 Å². The molecule has 28 heavy (non-hydrogen) atoms. The van der Waals surface area contributed by atoms with Gasteiger partial charge in [-0.05, 0) is 64.8 Å². The molecule has 0 spiro atoms. The molecule has 0 heterocycles. The van der Waals surface area contributed by atoms with Crippen LogP contribution in [0.3, 0.4) is 0 Å². The van der Waals surface area contributed by atoms with E-state index in [0.717, 1.165) is 41.4 Å². The number of hydrogen-bond donors (Lipinski definition) is 2. The topological polar surface area (TPSA) is 49.7 Å². The summed E-state index contributed by atoms with van der Waals surface area (Å²) in [6, 6.07) is 11.4. The predicted molar refractivity (Wildman–Crippen MR) is 117 cm³/mol. The van der Waals surface area contributed by atoms with Crippen LogP contribution in [0.25, 0.3) is 11.1 Å². The minimum Gasteiger partial charge on any atom is -0.494 e. The number of ether oxygens (including phenoxy) is 1. The van der Waals surface area contributed by atoms with Crippen molar-refractivity contribution in [3.05, 3.63) is 52.5 Å². The molecule has 0 aliphatic carbocycles. The number of rotatable bonds is 11. The molecule has 0 saturated carbocycles. The maximum atomic E-state index is 9.64. The fraction of sp³-hybridized carbons (Fsp3) is 0.500. The van der Waals surface area contributed by atoms with Gasteiger partial charge in [0, 0.05) is 5.02 Å². The summed E-state index contributed by atoms with van der Waals surface area (Å²) in [5, 5.41) is 19.6. The molecule has 0 bridgehead atoms. The summed E-state index contributed by atoms with van der Waals surface area (Å²) in [6.45, 7) is 7.33. The monoisotopic (exact) mass is 404 g/mol. The molecule has 0 fully saturated rings. The van der Waals surface area contributed by atoms with Crippen molar-refractivity contribution in [2.45, 2.75) is 59.7 Å². The Morgan fingerprint density at radius 1 is 0.893 bits per heavy atom. The van der Waals surface area contributed by atoms with Crippen LogP contribution in [0.5, 0.6) is 5.75 Å². The molecule has 0 aromatic heterocycles. The zero-order valence-corrected chi connectivity index (χ0v) is 18.0. The van der Waals surface area contributed by atoms with Crippen LogP contribution in [0.4, 0.5) is 0 Å². The van der Waals surface area contributed by atoms with Crippen molar-refractivity contribution in [1.82, 2.24) is 0 Å². The standard InChI is InChI=1S/C24H33ClO3/c1-17(2)5-4-6-18(3)11-12-28-22-9-7-19(8-10-22)23-13-21(16-27)24(25)14-20(23)15-26/h7-10,13-14,17-18,26-27H,4-6,11-12,15-16H2,1-3H3. The Hall–Kier alpha value is -1.55. The van der Waals surface area contributed by atoms with Gasteiger partial charge in [0.05, 0.1) is 19.8 Å². The molecule has 0 radical (unpaired) electrons. The van der Waals surface area contributed by atoms with E-state index in [0.29, 0.717) is 16.5 Å². The zero-order chi connectivity index (χ0) is 20.5. The number of aliphatic hydroxyl groups excluding tert-OH is 2. The summed E-state index contributed by atoms with van der Waals surface area (Å²) in [6.07, 6.45) is 4.91. The maximum absolute atomic E-state index is 9.64. The third kappa shape index (κ3) is 6.80. The molecule has 2 aromatic carbocycles. The normalized spacial score (nSPS) is 12.4. The average molecular weight is 405 g/mol. The lowest BCUT2D eigenvalue weighted by molar-refractivity contribution is 0.275. The van der Waals surface area contributed by atoms with Crippen LogP contribution in [-0.2, 0) is 13.2 Å². The molecule has 2 N–H and O–H groups in total. The largest absolute Gasteiger partial charge is 0.494 e. The van der Waals surface area contributed by atoms with Gasteiger partial charge in [-0.25, -0.2) is 0 Å². The Labute approximate surface area is 174 Å². The van der Waals surface area contributed by atoms with Gasteiger partial charge in [-0.1, -0.05) is 63.8 Å². The molecular formula is C24H33ClO3. The molecule has 2 rings (SSSR count). The van der Waals surface area contributed by atoms with Crippen LogP contribution in [0.1, 0.15) is 57.6 Å². The Morgan fingerprint density at radius 3 is 2.18 bits per heavy atom. The third-order valence-electron chi connectivity index (χ3n) is 5.14. The molecule has 3 nitrogen and oxygen atoms in total. The van der Waals surface area contributed by atoms with Crippen LogP contribution in [0.2, 0.25) is 5.02 Å². The second-order valence-electron chi connectivity index (χ2n) is 8.01. The van der Waals surface area contributed by atoms with Gasteiger partial charge >= 0.3 is 0 Å². The zero-order valence-electron chi connectivity index (χ0n) is 17.2. The molecule has 1 unspecified atom stereocenters. The molecular weight excluding hydrogens is 372 g/mol. The Kier molecular flexibility index (Phi) is 9.30. The number of aliphatic hydroxyl groups is 2. The SMILES string of the molecule is CC(C)CCCC(C)CCOc1ccc(-c2cc(CO)c(Cl)cc2CO)cc1. The fourth-order valence-electron chi connectivity index (χ4n) is 3.31. The highest BCUT2D eigenvalue weighted by molar-refractivity contribution is 6.31. The summed E-state index contributed by atoms with van der Waals surface area (Å²) in [7, 11) is 0. The lowest BCUT2D eigenvalue weighted by atomic mass is 9.97. The van der Waals surface area contributed by atoms with Crippen molar-refractivity contribution in [1.29, 1.82) is 0 Å². The summed E-state index contributed by atoms with van der Waals surface area (Å²) >= 11 is 6.13. The van der Waals surface area contributed by atoms with Crippen LogP contribution in [-0.4, -0.2) is 16.8 Å². The first kappa shape index (κ1) is 22.7. The van der Waals surface area contributed by atoms with Gasteiger partial charge in [-0.15, -0.1) is 0 Å². The molecule has 2 aromatic rings. The van der Waals surface area contributed by atoms with E-state index in [-0.39, 0.29) is 13.2 Å². The smallest absolute Gasteiger partial charge is 0.119 e. The van der Waals surface area contributed by atoms with Crippen molar-refractivity contribution in [3.8, 4) is 16.9 Å². The van der Waals surface area contributed by atoms with Crippen LogP contribution in [0.15, 0.2) is 36.4 Å². The minimum atomic E-state index is -0.131. The van der Waals surface area contributed by atoms with E-state index in [2.05, 4.69) is 20.8 Å².